The van der Waals surface area contributed by atoms with Crippen molar-refractivity contribution in [3.05, 3.63) is 33.8 Å². The van der Waals surface area contributed by atoms with Crippen molar-refractivity contribution in [3.63, 3.8) is 0 Å². The maximum absolute atomic E-state index is 12.0. The monoisotopic (exact) mass is 310 g/mol. The van der Waals surface area contributed by atoms with Gasteiger partial charge in [0.15, 0.2) is 15.1 Å². The van der Waals surface area contributed by atoms with Gasteiger partial charge in [-0.05, 0) is 18.1 Å². The maximum Gasteiger partial charge on any atom is 0.321 e. The summed E-state index contributed by atoms with van der Waals surface area (Å²) in [6, 6.07) is 4.62. The average Bonchev–Trinajstić information content (AvgIpc) is 2.24. The minimum Gasteiger partial charge on any atom is -0.480 e. The van der Waals surface area contributed by atoms with E-state index >= 15 is 0 Å². The van der Waals surface area contributed by atoms with Crippen LogP contribution in [0.5, 0.6) is 0 Å². The quantitative estimate of drug-likeness (QED) is 0.907. The Morgan fingerprint density at radius 3 is 2.50 bits per heavy atom. The molecule has 1 aromatic rings. The van der Waals surface area contributed by atoms with Gasteiger partial charge in [-0.1, -0.05) is 42.3 Å². The largest absolute Gasteiger partial charge is 0.480 e. The minimum atomic E-state index is -3.81. The number of carbonyl (C=O) groups is 1. The van der Waals surface area contributed by atoms with Gasteiger partial charge in [0.2, 0.25) is 0 Å². The van der Waals surface area contributed by atoms with E-state index in [-0.39, 0.29) is 16.5 Å². The van der Waals surface area contributed by atoms with Crippen molar-refractivity contribution in [1.29, 1.82) is 0 Å². The van der Waals surface area contributed by atoms with Crippen LogP contribution in [0.4, 0.5) is 0 Å². The molecular formula is C11H12Cl2O4S. The molecule has 7 heteroatoms. The molecule has 4 nitrogen and oxygen atoms in total. The standard InChI is InChI=1S/C11H12Cl2O4S/c1-2-9(11(14)15)18(16,17)6-7-4-3-5-8(12)10(7)13/h3-5,9H,2,6H2,1H3,(H,14,15). The van der Waals surface area contributed by atoms with Gasteiger partial charge in [0.25, 0.3) is 0 Å². The molecule has 0 aliphatic carbocycles. The Labute approximate surface area is 115 Å². The summed E-state index contributed by atoms with van der Waals surface area (Å²) in [6.07, 6.45) is 0.00977. The Morgan fingerprint density at radius 1 is 1.39 bits per heavy atom. The lowest BCUT2D eigenvalue weighted by molar-refractivity contribution is -0.136. The molecule has 1 aromatic carbocycles. The topological polar surface area (TPSA) is 71.4 Å². The fraction of sp³-hybridized carbons (Fsp3) is 0.364. The SMILES string of the molecule is CCC(C(=O)O)S(=O)(=O)Cc1cccc(Cl)c1Cl. The van der Waals surface area contributed by atoms with Crippen LogP contribution < -0.4 is 0 Å². The summed E-state index contributed by atoms with van der Waals surface area (Å²) >= 11 is 11.7. The molecule has 0 aliphatic rings. The first-order chi connectivity index (χ1) is 8.29. The van der Waals surface area contributed by atoms with Crippen LogP contribution in [-0.2, 0) is 20.4 Å². The van der Waals surface area contributed by atoms with Gasteiger partial charge in [-0.25, -0.2) is 8.42 Å². The molecule has 0 heterocycles. The van der Waals surface area contributed by atoms with E-state index < -0.39 is 26.8 Å². The van der Waals surface area contributed by atoms with Gasteiger partial charge in [0.1, 0.15) is 0 Å². The first-order valence-electron chi connectivity index (χ1n) is 5.17. The zero-order chi connectivity index (χ0) is 13.9. The summed E-state index contributed by atoms with van der Waals surface area (Å²) in [7, 11) is -3.81. The van der Waals surface area contributed by atoms with Gasteiger partial charge >= 0.3 is 5.97 Å². The number of hydrogen-bond acceptors (Lipinski definition) is 3. The van der Waals surface area contributed by atoms with E-state index in [1.807, 2.05) is 0 Å². The molecule has 100 valence electrons. The van der Waals surface area contributed by atoms with Gasteiger partial charge in [-0.3, -0.25) is 4.79 Å². The van der Waals surface area contributed by atoms with Crippen LogP contribution >= 0.6 is 23.2 Å². The number of hydrogen-bond donors (Lipinski definition) is 1. The lowest BCUT2D eigenvalue weighted by Crippen LogP contribution is -2.30. The Morgan fingerprint density at radius 2 is 2.00 bits per heavy atom. The molecule has 0 fully saturated rings. The molecule has 1 N–H and O–H groups in total. The zero-order valence-corrected chi connectivity index (χ0v) is 11.9. The van der Waals surface area contributed by atoms with Gasteiger partial charge in [-0.2, -0.15) is 0 Å². The molecule has 0 spiro atoms. The molecule has 18 heavy (non-hydrogen) atoms. The summed E-state index contributed by atoms with van der Waals surface area (Å²) in [5, 5.41) is 7.83. The highest BCUT2D eigenvalue weighted by Crippen LogP contribution is 2.28. The van der Waals surface area contributed by atoms with E-state index in [4.69, 9.17) is 28.3 Å². The van der Waals surface area contributed by atoms with Crippen molar-refractivity contribution in [3.8, 4) is 0 Å². The Kier molecular flexibility index (Phi) is 5.01. The number of rotatable bonds is 5. The highest BCUT2D eigenvalue weighted by Gasteiger charge is 2.31. The molecule has 1 atom stereocenters. The number of sulfone groups is 1. The van der Waals surface area contributed by atoms with E-state index in [9.17, 15) is 13.2 Å². The van der Waals surface area contributed by atoms with Crippen LogP contribution in [0.15, 0.2) is 18.2 Å². The smallest absolute Gasteiger partial charge is 0.321 e. The molecule has 1 rings (SSSR count). The summed E-state index contributed by atoms with van der Waals surface area (Å²) in [4.78, 5) is 10.9. The van der Waals surface area contributed by atoms with Crippen molar-refractivity contribution in [2.75, 3.05) is 0 Å². The highest BCUT2D eigenvalue weighted by atomic mass is 35.5. The van der Waals surface area contributed by atoms with E-state index in [0.717, 1.165) is 0 Å². The molecule has 0 aromatic heterocycles. The third-order valence-corrected chi connectivity index (χ3v) is 5.44. The van der Waals surface area contributed by atoms with Crippen LogP contribution in [0.1, 0.15) is 18.9 Å². The summed E-state index contributed by atoms with van der Waals surface area (Å²) in [6.45, 7) is 1.51. The second kappa shape index (κ2) is 5.91. The van der Waals surface area contributed by atoms with Crippen molar-refractivity contribution >= 4 is 39.0 Å². The lowest BCUT2D eigenvalue weighted by Gasteiger charge is -2.12. The summed E-state index contributed by atoms with van der Waals surface area (Å²) < 4.78 is 23.9. The predicted octanol–water partition coefficient (Wildman–Crippen LogP) is 2.77. The molecule has 0 radical (unpaired) electrons. The molecule has 0 amide bonds. The van der Waals surface area contributed by atoms with Gasteiger partial charge in [0, 0.05) is 0 Å². The number of aliphatic carboxylic acids is 1. The van der Waals surface area contributed by atoms with Crippen LogP contribution in [0.25, 0.3) is 0 Å². The molecule has 0 bridgehead atoms. The first kappa shape index (κ1) is 15.3. The second-order valence-electron chi connectivity index (χ2n) is 3.76. The van der Waals surface area contributed by atoms with Gasteiger partial charge < -0.3 is 5.11 Å². The molecular weight excluding hydrogens is 299 g/mol. The number of carboxylic acid groups (broad SMARTS) is 1. The zero-order valence-electron chi connectivity index (χ0n) is 9.56. The summed E-state index contributed by atoms with van der Waals surface area (Å²) in [5.41, 5.74) is 0.309. The third-order valence-electron chi connectivity index (χ3n) is 2.47. The van der Waals surface area contributed by atoms with Crippen LogP contribution in [0.3, 0.4) is 0 Å². The minimum absolute atomic E-state index is 0.00977. The molecule has 0 saturated carbocycles. The van der Waals surface area contributed by atoms with Crippen molar-refractivity contribution in [2.24, 2.45) is 0 Å². The second-order valence-corrected chi connectivity index (χ2v) is 6.72. The number of carboxylic acids is 1. The highest BCUT2D eigenvalue weighted by molar-refractivity contribution is 7.92. The van der Waals surface area contributed by atoms with Crippen molar-refractivity contribution in [2.45, 2.75) is 24.3 Å². The fourth-order valence-corrected chi connectivity index (χ4v) is 3.72. The average molecular weight is 311 g/mol. The first-order valence-corrected chi connectivity index (χ1v) is 7.64. The third kappa shape index (κ3) is 3.37. The molecule has 0 saturated heterocycles. The fourth-order valence-electron chi connectivity index (χ4n) is 1.56. The predicted molar refractivity (Wildman–Crippen MR) is 70.8 cm³/mol. The number of benzene rings is 1. The van der Waals surface area contributed by atoms with Crippen molar-refractivity contribution in [1.82, 2.24) is 0 Å². The Bertz CT molecular complexity index is 554. The van der Waals surface area contributed by atoms with Gasteiger partial charge in [-0.15, -0.1) is 0 Å². The van der Waals surface area contributed by atoms with Crippen molar-refractivity contribution < 1.29 is 18.3 Å². The van der Waals surface area contributed by atoms with E-state index in [2.05, 4.69) is 0 Å². The van der Waals surface area contributed by atoms with Gasteiger partial charge in [0.05, 0.1) is 15.8 Å². The maximum atomic E-state index is 12.0. The normalized spacial score (nSPS) is 13.3. The molecule has 1 unspecified atom stereocenters. The Hall–Kier alpha value is -0.780. The Balaban J connectivity index is 3.10. The lowest BCUT2D eigenvalue weighted by atomic mass is 10.2. The molecule has 0 aliphatic heterocycles. The van der Waals surface area contributed by atoms with Crippen LogP contribution in [-0.4, -0.2) is 24.7 Å². The van der Waals surface area contributed by atoms with Crippen LogP contribution in [0, 0.1) is 0 Å². The van der Waals surface area contributed by atoms with E-state index in [0.29, 0.717) is 5.56 Å². The van der Waals surface area contributed by atoms with Crippen LogP contribution in [0.2, 0.25) is 10.0 Å². The van der Waals surface area contributed by atoms with E-state index in [1.54, 1.807) is 6.07 Å². The van der Waals surface area contributed by atoms with E-state index in [1.165, 1.54) is 19.1 Å². The summed E-state index contributed by atoms with van der Waals surface area (Å²) in [5.74, 6) is -1.78. The number of halogens is 2.